The van der Waals surface area contributed by atoms with Gasteiger partial charge in [-0.1, -0.05) is 11.6 Å². The zero-order valence-electron chi connectivity index (χ0n) is 8.59. The molecule has 0 unspecified atom stereocenters. The quantitative estimate of drug-likeness (QED) is 0.737. The van der Waals surface area contributed by atoms with Crippen LogP contribution in [0.2, 0.25) is 5.02 Å². The molecule has 1 amide bonds. The lowest BCUT2D eigenvalue weighted by atomic mass is 10.2. The molecule has 1 aromatic heterocycles. The highest BCUT2D eigenvalue weighted by atomic mass is 35.5. The summed E-state index contributed by atoms with van der Waals surface area (Å²) in [5, 5.41) is 6.34. The van der Waals surface area contributed by atoms with Crippen LogP contribution in [0.4, 0.5) is 0 Å². The van der Waals surface area contributed by atoms with Crippen molar-refractivity contribution in [2.45, 2.75) is 13.0 Å². The molecule has 4 nitrogen and oxygen atoms in total. The number of hydrogen-bond donors (Lipinski definition) is 2. The predicted molar refractivity (Wildman–Crippen MR) is 59.6 cm³/mol. The van der Waals surface area contributed by atoms with E-state index in [1.807, 2.05) is 6.07 Å². The van der Waals surface area contributed by atoms with Crippen molar-refractivity contribution in [3.05, 3.63) is 29.0 Å². The first-order valence-corrected chi connectivity index (χ1v) is 5.11. The van der Waals surface area contributed by atoms with Gasteiger partial charge in [-0.15, -0.1) is 0 Å². The van der Waals surface area contributed by atoms with E-state index >= 15 is 0 Å². The van der Waals surface area contributed by atoms with E-state index in [1.54, 1.807) is 19.4 Å². The maximum atomic E-state index is 10.9. The number of pyridine rings is 1. The van der Waals surface area contributed by atoms with Crippen molar-refractivity contribution in [1.82, 2.24) is 15.6 Å². The van der Waals surface area contributed by atoms with Crippen LogP contribution in [0.3, 0.4) is 0 Å². The zero-order valence-corrected chi connectivity index (χ0v) is 9.34. The summed E-state index contributed by atoms with van der Waals surface area (Å²) >= 11 is 5.91. The monoisotopic (exact) mass is 227 g/mol. The Morgan fingerprint density at radius 1 is 1.60 bits per heavy atom. The van der Waals surface area contributed by atoms with Crippen LogP contribution in [0.5, 0.6) is 0 Å². The smallest absolute Gasteiger partial charge is 0.221 e. The van der Waals surface area contributed by atoms with Crippen molar-refractivity contribution >= 4 is 17.5 Å². The minimum atomic E-state index is 0.0309. The molecule has 0 aromatic carbocycles. The number of amides is 1. The number of carbonyl (C=O) groups is 1. The maximum Gasteiger partial charge on any atom is 0.221 e. The molecule has 0 fully saturated rings. The number of aromatic nitrogens is 1. The van der Waals surface area contributed by atoms with E-state index in [0.29, 0.717) is 24.5 Å². The second-order valence-electron chi connectivity index (χ2n) is 3.07. The van der Waals surface area contributed by atoms with E-state index in [2.05, 4.69) is 15.6 Å². The number of nitrogens with zero attached hydrogens (tertiary/aromatic N) is 1. The van der Waals surface area contributed by atoms with Crippen molar-refractivity contribution in [2.75, 3.05) is 13.6 Å². The van der Waals surface area contributed by atoms with Crippen LogP contribution >= 0.6 is 11.6 Å². The van der Waals surface area contributed by atoms with Gasteiger partial charge in [-0.25, -0.2) is 0 Å². The first-order chi connectivity index (χ1) is 7.24. The SMILES string of the molecule is CNC(=O)CCNCc1ccncc1Cl. The molecule has 5 heteroatoms. The van der Waals surface area contributed by atoms with E-state index in [4.69, 9.17) is 11.6 Å². The minimum absolute atomic E-state index is 0.0309. The number of nitrogens with one attached hydrogen (secondary N) is 2. The molecule has 1 aromatic rings. The van der Waals surface area contributed by atoms with Gasteiger partial charge in [-0.05, 0) is 11.6 Å². The fourth-order valence-corrected chi connectivity index (χ4v) is 1.28. The van der Waals surface area contributed by atoms with Gasteiger partial charge in [0.05, 0.1) is 5.02 Å². The lowest BCUT2D eigenvalue weighted by Crippen LogP contribution is -2.24. The summed E-state index contributed by atoms with van der Waals surface area (Å²) in [7, 11) is 1.63. The van der Waals surface area contributed by atoms with Crippen LogP contribution in [0.1, 0.15) is 12.0 Å². The molecule has 0 saturated carbocycles. The topological polar surface area (TPSA) is 54.0 Å². The lowest BCUT2D eigenvalue weighted by Gasteiger charge is -2.05. The Balaban J connectivity index is 2.26. The van der Waals surface area contributed by atoms with Gasteiger partial charge in [-0.2, -0.15) is 0 Å². The van der Waals surface area contributed by atoms with Gasteiger partial charge in [0.2, 0.25) is 5.91 Å². The largest absolute Gasteiger partial charge is 0.359 e. The molecule has 0 aliphatic heterocycles. The van der Waals surface area contributed by atoms with Crippen LogP contribution in [0.15, 0.2) is 18.5 Å². The highest BCUT2D eigenvalue weighted by Gasteiger charge is 2.00. The molecule has 0 atom stereocenters. The summed E-state index contributed by atoms with van der Waals surface area (Å²) in [6.45, 7) is 1.29. The van der Waals surface area contributed by atoms with Crippen molar-refractivity contribution in [1.29, 1.82) is 0 Å². The zero-order chi connectivity index (χ0) is 11.1. The number of halogens is 1. The molecule has 0 aliphatic carbocycles. The van der Waals surface area contributed by atoms with Crippen LogP contribution in [-0.2, 0) is 11.3 Å². The summed E-state index contributed by atoms with van der Waals surface area (Å²) in [5.74, 6) is 0.0309. The lowest BCUT2D eigenvalue weighted by molar-refractivity contribution is -0.120. The molecular formula is C10H14ClN3O. The molecule has 0 bridgehead atoms. The first kappa shape index (κ1) is 11.9. The third-order valence-electron chi connectivity index (χ3n) is 1.98. The summed E-state index contributed by atoms with van der Waals surface area (Å²) in [6, 6.07) is 1.86. The minimum Gasteiger partial charge on any atom is -0.359 e. The summed E-state index contributed by atoms with van der Waals surface area (Å²) in [4.78, 5) is 14.8. The van der Waals surface area contributed by atoms with E-state index in [9.17, 15) is 4.79 Å². The normalized spacial score (nSPS) is 10.0. The van der Waals surface area contributed by atoms with E-state index in [0.717, 1.165) is 5.56 Å². The Kier molecular flexibility index (Phi) is 5.07. The molecule has 2 N–H and O–H groups in total. The number of carbonyl (C=O) groups excluding carboxylic acids is 1. The van der Waals surface area contributed by atoms with Gasteiger partial charge in [0, 0.05) is 39.0 Å². The van der Waals surface area contributed by atoms with E-state index in [-0.39, 0.29) is 5.91 Å². The van der Waals surface area contributed by atoms with Crippen LogP contribution in [0, 0.1) is 0 Å². The average molecular weight is 228 g/mol. The van der Waals surface area contributed by atoms with Crippen molar-refractivity contribution in [3.63, 3.8) is 0 Å². The fraction of sp³-hybridized carbons (Fsp3) is 0.400. The highest BCUT2D eigenvalue weighted by molar-refractivity contribution is 6.31. The first-order valence-electron chi connectivity index (χ1n) is 4.73. The third-order valence-corrected chi connectivity index (χ3v) is 2.32. The van der Waals surface area contributed by atoms with Crippen LogP contribution in [-0.4, -0.2) is 24.5 Å². The van der Waals surface area contributed by atoms with Crippen LogP contribution < -0.4 is 10.6 Å². The predicted octanol–water partition coefficient (Wildman–Crippen LogP) is 0.961. The molecule has 1 heterocycles. The fourth-order valence-electron chi connectivity index (χ4n) is 1.10. The molecule has 0 aliphatic rings. The Morgan fingerprint density at radius 2 is 2.40 bits per heavy atom. The maximum absolute atomic E-state index is 10.9. The van der Waals surface area contributed by atoms with Gasteiger partial charge in [0.15, 0.2) is 0 Å². The molecule has 15 heavy (non-hydrogen) atoms. The Labute approximate surface area is 94.0 Å². The molecule has 0 radical (unpaired) electrons. The Bertz CT molecular complexity index is 330. The molecule has 0 spiro atoms. The summed E-state index contributed by atoms with van der Waals surface area (Å²) < 4.78 is 0. The van der Waals surface area contributed by atoms with Crippen LogP contribution in [0.25, 0.3) is 0 Å². The van der Waals surface area contributed by atoms with Crippen molar-refractivity contribution < 1.29 is 4.79 Å². The van der Waals surface area contributed by atoms with E-state index < -0.39 is 0 Å². The molecule has 0 saturated heterocycles. The number of hydrogen-bond acceptors (Lipinski definition) is 3. The average Bonchev–Trinajstić information content (AvgIpc) is 2.26. The third kappa shape index (κ3) is 4.27. The molecule has 1 rings (SSSR count). The Morgan fingerprint density at radius 3 is 3.07 bits per heavy atom. The van der Waals surface area contributed by atoms with Crippen molar-refractivity contribution in [2.24, 2.45) is 0 Å². The van der Waals surface area contributed by atoms with Gasteiger partial charge in [0.1, 0.15) is 0 Å². The van der Waals surface area contributed by atoms with Crippen molar-refractivity contribution in [3.8, 4) is 0 Å². The standard InChI is InChI=1S/C10H14ClN3O/c1-12-10(15)3-5-13-6-8-2-4-14-7-9(8)11/h2,4,7,13H,3,5-6H2,1H3,(H,12,15). The van der Waals surface area contributed by atoms with Gasteiger partial charge >= 0.3 is 0 Å². The summed E-state index contributed by atoms with van der Waals surface area (Å²) in [6.07, 6.45) is 3.78. The second kappa shape index (κ2) is 6.37. The molecule has 82 valence electrons. The molecular weight excluding hydrogens is 214 g/mol. The van der Waals surface area contributed by atoms with Gasteiger partial charge in [-0.3, -0.25) is 9.78 Å². The Hall–Kier alpha value is -1.13. The van der Waals surface area contributed by atoms with Gasteiger partial charge < -0.3 is 10.6 Å². The van der Waals surface area contributed by atoms with E-state index in [1.165, 1.54) is 0 Å². The summed E-state index contributed by atoms with van der Waals surface area (Å²) in [5.41, 5.74) is 0.989. The highest BCUT2D eigenvalue weighted by Crippen LogP contribution is 2.12. The number of rotatable bonds is 5. The van der Waals surface area contributed by atoms with Gasteiger partial charge in [0.25, 0.3) is 0 Å². The second-order valence-corrected chi connectivity index (χ2v) is 3.47.